The third kappa shape index (κ3) is 1.87. The lowest BCUT2D eigenvalue weighted by Gasteiger charge is -2.02. The monoisotopic (exact) mass is 233 g/mol. The van der Waals surface area contributed by atoms with E-state index in [0.717, 1.165) is 5.56 Å². The van der Waals surface area contributed by atoms with Crippen molar-refractivity contribution in [1.82, 2.24) is 4.74 Å². The molecule has 0 aliphatic rings. The van der Waals surface area contributed by atoms with Crippen LogP contribution in [0, 0.1) is 6.92 Å². The molecule has 88 valence electrons. The van der Waals surface area contributed by atoms with Crippen molar-refractivity contribution in [2.24, 2.45) is 7.05 Å². The molecule has 0 saturated heterocycles. The van der Waals surface area contributed by atoms with E-state index in [1.54, 1.807) is 26.1 Å². The molecule has 2 aromatic rings. The molecule has 0 aliphatic carbocycles. The van der Waals surface area contributed by atoms with Gasteiger partial charge in [0.1, 0.15) is 0 Å². The smallest absolute Gasteiger partial charge is 0.361 e. The Labute approximate surface area is 96.9 Å². The van der Waals surface area contributed by atoms with Crippen molar-refractivity contribution in [2.75, 3.05) is 0 Å². The van der Waals surface area contributed by atoms with Crippen molar-refractivity contribution in [1.29, 1.82) is 0 Å². The minimum absolute atomic E-state index is 0.208. The summed E-state index contributed by atoms with van der Waals surface area (Å²) in [4.78, 5) is 22.0. The van der Waals surface area contributed by atoms with Crippen LogP contribution in [0.2, 0.25) is 0 Å². The van der Waals surface area contributed by atoms with E-state index in [9.17, 15) is 9.59 Å². The molecule has 0 bridgehead atoms. The fourth-order valence-electron chi connectivity index (χ4n) is 1.74. The lowest BCUT2D eigenvalue weighted by atomic mass is 10.1. The van der Waals surface area contributed by atoms with E-state index >= 15 is 0 Å². The van der Waals surface area contributed by atoms with Gasteiger partial charge >= 0.3 is 11.6 Å². The van der Waals surface area contributed by atoms with Gasteiger partial charge in [0.15, 0.2) is 0 Å². The maximum absolute atomic E-state index is 11.3. The Morgan fingerprint density at radius 1 is 1.29 bits per heavy atom. The average Bonchev–Trinajstić information content (AvgIpc) is 2.53. The second-order valence-electron chi connectivity index (χ2n) is 3.73. The predicted octanol–water partition coefficient (Wildman–Crippen LogP) is 1.65. The standard InChI is InChI=1S/C12H11NO4/c1-7-10(13(2)17-12(7)16)8-3-5-9(6-4-8)11(14)15/h3-6H,1-2H3,(H,14,15). The maximum atomic E-state index is 11.3. The van der Waals surface area contributed by atoms with Gasteiger partial charge in [-0.05, 0) is 19.1 Å². The van der Waals surface area contributed by atoms with Crippen molar-refractivity contribution >= 4 is 5.97 Å². The quantitative estimate of drug-likeness (QED) is 0.856. The molecule has 5 nitrogen and oxygen atoms in total. The number of nitrogens with zero attached hydrogens (tertiary/aromatic N) is 1. The molecular formula is C12H11NO4. The zero-order chi connectivity index (χ0) is 12.6. The molecule has 0 spiro atoms. The summed E-state index contributed by atoms with van der Waals surface area (Å²) in [6.45, 7) is 1.67. The molecule has 1 aromatic heterocycles. The summed E-state index contributed by atoms with van der Waals surface area (Å²) in [7, 11) is 1.63. The van der Waals surface area contributed by atoms with Crippen LogP contribution in [0.25, 0.3) is 11.3 Å². The molecule has 1 N–H and O–H groups in total. The van der Waals surface area contributed by atoms with Crippen LogP contribution in [-0.2, 0) is 7.05 Å². The number of hydrogen-bond donors (Lipinski definition) is 1. The number of aromatic carboxylic acids is 1. The first-order valence-electron chi connectivity index (χ1n) is 5.01. The number of rotatable bonds is 2. The molecule has 0 fully saturated rings. The largest absolute Gasteiger partial charge is 0.478 e. The Morgan fingerprint density at radius 2 is 1.88 bits per heavy atom. The molecule has 0 saturated carbocycles. The molecule has 0 unspecified atom stereocenters. The van der Waals surface area contributed by atoms with Gasteiger partial charge in [0.05, 0.1) is 16.8 Å². The van der Waals surface area contributed by atoms with E-state index in [-0.39, 0.29) is 11.2 Å². The highest BCUT2D eigenvalue weighted by Crippen LogP contribution is 2.21. The Hall–Kier alpha value is -2.30. The molecule has 17 heavy (non-hydrogen) atoms. The molecule has 1 aromatic carbocycles. The highest BCUT2D eigenvalue weighted by molar-refractivity contribution is 5.88. The van der Waals surface area contributed by atoms with E-state index in [1.165, 1.54) is 16.9 Å². The number of carboxylic acid groups (broad SMARTS) is 1. The number of aryl methyl sites for hydroxylation is 1. The van der Waals surface area contributed by atoms with E-state index in [2.05, 4.69) is 0 Å². The Balaban J connectivity index is 2.54. The highest BCUT2D eigenvalue weighted by Gasteiger charge is 2.13. The second kappa shape index (κ2) is 3.93. The minimum Gasteiger partial charge on any atom is -0.478 e. The van der Waals surface area contributed by atoms with Gasteiger partial charge in [0.25, 0.3) is 0 Å². The molecule has 0 atom stereocenters. The van der Waals surface area contributed by atoms with Gasteiger partial charge in [0, 0.05) is 12.6 Å². The zero-order valence-electron chi connectivity index (χ0n) is 9.43. The number of aromatic nitrogens is 1. The summed E-state index contributed by atoms with van der Waals surface area (Å²) in [6, 6.07) is 6.30. The minimum atomic E-state index is -0.977. The lowest BCUT2D eigenvalue weighted by molar-refractivity contribution is 0.0697. The summed E-state index contributed by atoms with van der Waals surface area (Å²) in [6.07, 6.45) is 0. The Bertz CT molecular complexity index is 619. The van der Waals surface area contributed by atoms with E-state index in [0.29, 0.717) is 11.3 Å². The van der Waals surface area contributed by atoms with Gasteiger partial charge in [-0.15, -0.1) is 0 Å². The molecule has 1 heterocycles. The third-order valence-electron chi connectivity index (χ3n) is 2.60. The van der Waals surface area contributed by atoms with Crippen LogP contribution < -0.4 is 5.63 Å². The van der Waals surface area contributed by atoms with Crippen molar-refractivity contribution in [3.8, 4) is 11.3 Å². The van der Waals surface area contributed by atoms with E-state index in [4.69, 9.17) is 9.63 Å². The summed E-state index contributed by atoms with van der Waals surface area (Å²) in [5.41, 5.74) is 1.74. The third-order valence-corrected chi connectivity index (χ3v) is 2.60. The average molecular weight is 233 g/mol. The number of carbonyl (C=O) groups is 1. The van der Waals surface area contributed by atoms with Crippen molar-refractivity contribution in [3.05, 3.63) is 45.8 Å². The molecule has 2 rings (SSSR count). The number of benzene rings is 1. The molecule has 0 aliphatic heterocycles. The molecule has 5 heteroatoms. The van der Waals surface area contributed by atoms with Gasteiger partial charge in [-0.1, -0.05) is 12.1 Å². The van der Waals surface area contributed by atoms with Crippen LogP contribution >= 0.6 is 0 Å². The topological polar surface area (TPSA) is 72.4 Å². The van der Waals surface area contributed by atoms with E-state index in [1.807, 2.05) is 0 Å². The van der Waals surface area contributed by atoms with E-state index < -0.39 is 5.97 Å². The first-order valence-corrected chi connectivity index (χ1v) is 5.01. The van der Waals surface area contributed by atoms with Crippen LogP contribution in [0.3, 0.4) is 0 Å². The SMILES string of the molecule is Cc1c(-c2ccc(C(=O)O)cc2)n(C)oc1=O. The first-order chi connectivity index (χ1) is 8.00. The summed E-state index contributed by atoms with van der Waals surface area (Å²) in [5, 5.41) is 8.79. The summed E-state index contributed by atoms with van der Waals surface area (Å²) in [5.74, 6) is -0.977. The van der Waals surface area contributed by atoms with Gasteiger partial charge in [-0.2, -0.15) is 0 Å². The fourth-order valence-corrected chi connectivity index (χ4v) is 1.74. The fraction of sp³-hybridized carbons (Fsp3) is 0.167. The molecular weight excluding hydrogens is 222 g/mol. The number of hydrogen-bond acceptors (Lipinski definition) is 3. The lowest BCUT2D eigenvalue weighted by Crippen LogP contribution is -1.97. The van der Waals surface area contributed by atoms with Gasteiger partial charge in [0.2, 0.25) is 0 Å². The van der Waals surface area contributed by atoms with Crippen molar-refractivity contribution in [2.45, 2.75) is 6.92 Å². The van der Waals surface area contributed by atoms with Gasteiger partial charge in [-0.3, -0.25) is 0 Å². The van der Waals surface area contributed by atoms with Crippen molar-refractivity contribution < 1.29 is 14.4 Å². The first kappa shape index (κ1) is 11.2. The predicted molar refractivity (Wildman–Crippen MR) is 61.1 cm³/mol. The van der Waals surface area contributed by atoms with Crippen LogP contribution in [0.4, 0.5) is 0 Å². The summed E-state index contributed by atoms with van der Waals surface area (Å²) >= 11 is 0. The normalized spacial score (nSPS) is 10.5. The second-order valence-corrected chi connectivity index (χ2v) is 3.73. The summed E-state index contributed by atoms with van der Waals surface area (Å²) < 4.78 is 6.30. The van der Waals surface area contributed by atoms with Crippen LogP contribution in [0.15, 0.2) is 33.6 Å². The number of carboxylic acids is 1. The van der Waals surface area contributed by atoms with Gasteiger partial charge < -0.3 is 9.63 Å². The highest BCUT2D eigenvalue weighted by atomic mass is 16.5. The maximum Gasteiger partial charge on any atom is 0.361 e. The van der Waals surface area contributed by atoms with Crippen LogP contribution in [0.5, 0.6) is 0 Å². The molecule has 0 amide bonds. The Kier molecular flexibility index (Phi) is 2.59. The van der Waals surface area contributed by atoms with Gasteiger partial charge in [-0.25, -0.2) is 14.3 Å². The van der Waals surface area contributed by atoms with Crippen LogP contribution in [0.1, 0.15) is 15.9 Å². The zero-order valence-corrected chi connectivity index (χ0v) is 9.43. The van der Waals surface area contributed by atoms with Crippen LogP contribution in [-0.4, -0.2) is 15.8 Å². The Morgan fingerprint density at radius 3 is 2.29 bits per heavy atom. The molecule has 0 radical (unpaired) electrons. The van der Waals surface area contributed by atoms with Crippen molar-refractivity contribution in [3.63, 3.8) is 0 Å².